The maximum absolute atomic E-state index is 11.8. The summed E-state index contributed by atoms with van der Waals surface area (Å²) in [4.78, 5) is 34.0. The smallest absolute Gasteiger partial charge is 0.326 e. The van der Waals surface area contributed by atoms with Crippen LogP contribution in [0.25, 0.3) is 0 Å². The number of carbonyl (C=O) groups is 3. The highest BCUT2D eigenvalue weighted by Gasteiger charge is 2.32. The van der Waals surface area contributed by atoms with E-state index in [1.54, 1.807) is 0 Å². The fraction of sp³-hybridized carbons (Fsp3) is 0.786. The molecule has 0 aromatic carbocycles. The molecule has 1 saturated carbocycles. The van der Waals surface area contributed by atoms with Gasteiger partial charge in [-0.05, 0) is 31.1 Å². The first-order valence-corrected chi connectivity index (χ1v) is 7.10. The minimum Gasteiger partial charge on any atom is -0.480 e. The van der Waals surface area contributed by atoms with E-state index in [2.05, 4.69) is 29.2 Å². The molecule has 1 fully saturated rings. The Labute approximate surface area is 124 Å². The lowest BCUT2D eigenvalue weighted by Gasteiger charge is -2.19. The van der Waals surface area contributed by atoms with E-state index in [1.165, 1.54) is 7.11 Å². The van der Waals surface area contributed by atoms with Crippen LogP contribution >= 0.6 is 0 Å². The summed E-state index contributed by atoms with van der Waals surface area (Å²) in [6.45, 7) is 4.28. The molecule has 1 aliphatic rings. The third-order valence-electron chi connectivity index (χ3n) is 3.77. The maximum atomic E-state index is 11.8. The second-order valence-electron chi connectivity index (χ2n) is 6.23. The summed E-state index contributed by atoms with van der Waals surface area (Å²) in [5, 5.41) is 14.2. The molecule has 7 nitrogen and oxygen atoms in total. The van der Waals surface area contributed by atoms with Crippen molar-refractivity contribution in [2.75, 3.05) is 7.11 Å². The van der Waals surface area contributed by atoms with Gasteiger partial charge in [-0.3, -0.25) is 4.79 Å². The fourth-order valence-electron chi connectivity index (χ4n) is 2.57. The van der Waals surface area contributed by atoms with E-state index >= 15 is 0 Å². The van der Waals surface area contributed by atoms with Crippen molar-refractivity contribution in [1.29, 1.82) is 0 Å². The Morgan fingerprint density at radius 3 is 2.52 bits per heavy atom. The number of esters is 1. The van der Waals surface area contributed by atoms with E-state index in [-0.39, 0.29) is 24.3 Å². The van der Waals surface area contributed by atoms with Crippen molar-refractivity contribution in [2.45, 2.75) is 58.0 Å². The van der Waals surface area contributed by atoms with Crippen molar-refractivity contribution < 1.29 is 24.2 Å². The minimum atomic E-state index is -1.17. The van der Waals surface area contributed by atoms with Crippen molar-refractivity contribution in [3.8, 4) is 0 Å². The van der Waals surface area contributed by atoms with Crippen molar-refractivity contribution in [3.63, 3.8) is 0 Å². The zero-order chi connectivity index (χ0) is 16.0. The van der Waals surface area contributed by atoms with E-state index in [4.69, 9.17) is 5.11 Å². The molecule has 0 bridgehead atoms. The molecule has 1 rings (SSSR count). The molecule has 1 unspecified atom stereocenters. The number of carboxylic acids is 1. The topological polar surface area (TPSA) is 105 Å². The van der Waals surface area contributed by atoms with Gasteiger partial charge in [0.15, 0.2) is 0 Å². The van der Waals surface area contributed by atoms with Crippen molar-refractivity contribution in [1.82, 2.24) is 10.6 Å². The molecule has 7 heteroatoms. The van der Waals surface area contributed by atoms with Gasteiger partial charge in [0.1, 0.15) is 6.04 Å². The average Bonchev–Trinajstić information content (AvgIpc) is 2.72. The predicted molar refractivity (Wildman–Crippen MR) is 75.8 cm³/mol. The third-order valence-corrected chi connectivity index (χ3v) is 3.77. The molecule has 21 heavy (non-hydrogen) atoms. The number of nitrogens with one attached hydrogen (secondary N) is 2. The lowest BCUT2D eigenvalue weighted by molar-refractivity contribution is -0.142. The Morgan fingerprint density at radius 2 is 2.05 bits per heavy atom. The number of rotatable bonds is 6. The zero-order valence-corrected chi connectivity index (χ0v) is 12.8. The van der Waals surface area contributed by atoms with E-state index in [0.29, 0.717) is 0 Å². The van der Waals surface area contributed by atoms with Crippen LogP contribution in [0.15, 0.2) is 0 Å². The summed E-state index contributed by atoms with van der Waals surface area (Å²) in [5.74, 6) is -1.66. The molecule has 2 atom stereocenters. The number of carbonyl (C=O) groups excluding carboxylic acids is 2. The highest BCUT2D eigenvalue weighted by molar-refractivity contribution is 5.83. The summed E-state index contributed by atoms with van der Waals surface area (Å²) in [6, 6.07) is -1.54. The number of methoxy groups -OCH3 is 1. The van der Waals surface area contributed by atoms with Crippen molar-refractivity contribution in [2.24, 2.45) is 5.41 Å². The molecular weight excluding hydrogens is 276 g/mol. The lowest BCUT2D eigenvalue weighted by atomic mass is 9.92. The Bertz CT molecular complexity index is 408. The fourth-order valence-corrected chi connectivity index (χ4v) is 2.57. The van der Waals surface area contributed by atoms with Gasteiger partial charge in [-0.15, -0.1) is 0 Å². The second-order valence-corrected chi connectivity index (χ2v) is 6.23. The summed E-state index contributed by atoms with van der Waals surface area (Å²) in [6.07, 6.45) is 2.75. The molecule has 0 aliphatic heterocycles. The summed E-state index contributed by atoms with van der Waals surface area (Å²) in [7, 11) is 1.24. The number of ether oxygens (including phenoxy) is 1. The minimum absolute atomic E-state index is 0.00554. The first-order chi connectivity index (χ1) is 9.73. The molecule has 1 aliphatic carbocycles. The molecule has 120 valence electrons. The monoisotopic (exact) mass is 300 g/mol. The standard InChI is InChI=1S/C14H24N2O5/c1-14(2)7-6-9(8-14)15-13(20)16-10(12(18)19)4-5-11(17)21-3/h9-10H,4-8H2,1-3H3,(H,18,19)(H2,15,16,20)/t9?,10-/m0/s1. The highest BCUT2D eigenvalue weighted by atomic mass is 16.5. The zero-order valence-electron chi connectivity index (χ0n) is 12.8. The summed E-state index contributed by atoms with van der Waals surface area (Å²) < 4.78 is 4.46. The number of aliphatic carboxylic acids is 1. The Morgan fingerprint density at radius 1 is 1.38 bits per heavy atom. The van der Waals surface area contributed by atoms with Crippen LogP contribution in [0.3, 0.4) is 0 Å². The third kappa shape index (κ3) is 6.01. The van der Waals surface area contributed by atoms with Gasteiger partial charge in [-0.2, -0.15) is 0 Å². The van der Waals surface area contributed by atoms with Gasteiger partial charge in [-0.1, -0.05) is 13.8 Å². The van der Waals surface area contributed by atoms with Gasteiger partial charge in [0.2, 0.25) is 0 Å². The SMILES string of the molecule is COC(=O)CC[C@H](NC(=O)NC1CCC(C)(C)C1)C(=O)O. The van der Waals surface area contributed by atoms with Gasteiger partial charge in [-0.25, -0.2) is 9.59 Å². The van der Waals surface area contributed by atoms with Crippen LogP contribution in [-0.4, -0.2) is 42.3 Å². The number of carboxylic acid groups (broad SMARTS) is 1. The number of hydrogen-bond donors (Lipinski definition) is 3. The Balaban J connectivity index is 2.42. The van der Waals surface area contributed by atoms with Gasteiger partial charge < -0.3 is 20.5 Å². The number of urea groups is 1. The summed E-state index contributed by atoms with van der Waals surface area (Å²) >= 11 is 0. The van der Waals surface area contributed by atoms with Crippen LogP contribution in [0.5, 0.6) is 0 Å². The van der Waals surface area contributed by atoms with Gasteiger partial charge >= 0.3 is 18.0 Å². The molecule has 0 spiro atoms. The van der Waals surface area contributed by atoms with E-state index < -0.39 is 24.0 Å². The largest absolute Gasteiger partial charge is 0.480 e. The van der Waals surface area contributed by atoms with E-state index in [1.807, 2.05) is 0 Å². The van der Waals surface area contributed by atoms with Gasteiger partial charge in [0, 0.05) is 12.5 Å². The average molecular weight is 300 g/mol. The highest BCUT2D eigenvalue weighted by Crippen LogP contribution is 2.36. The molecule has 0 radical (unpaired) electrons. The van der Waals surface area contributed by atoms with Crippen LogP contribution in [-0.2, 0) is 14.3 Å². The molecule has 0 aromatic rings. The first-order valence-electron chi connectivity index (χ1n) is 7.10. The predicted octanol–water partition coefficient (Wildman–Crippen LogP) is 1.27. The number of amides is 2. The molecule has 0 aromatic heterocycles. The van der Waals surface area contributed by atoms with Crippen molar-refractivity contribution >= 4 is 18.0 Å². The first kappa shape index (κ1) is 17.3. The Kier molecular flexibility index (Phi) is 5.99. The van der Waals surface area contributed by atoms with Gasteiger partial charge in [0.05, 0.1) is 7.11 Å². The maximum Gasteiger partial charge on any atom is 0.326 e. The molecule has 3 N–H and O–H groups in total. The molecule has 2 amide bonds. The lowest BCUT2D eigenvalue weighted by Crippen LogP contribution is -2.48. The van der Waals surface area contributed by atoms with Gasteiger partial charge in [0.25, 0.3) is 0 Å². The van der Waals surface area contributed by atoms with Crippen LogP contribution < -0.4 is 10.6 Å². The van der Waals surface area contributed by atoms with Crippen molar-refractivity contribution in [3.05, 3.63) is 0 Å². The van der Waals surface area contributed by atoms with Crippen LogP contribution in [0.1, 0.15) is 46.0 Å². The van der Waals surface area contributed by atoms with E-state index in [0.717, 1.165) is 19.3 Å². The molecule has 0 saturated heterocycles. The number of hydrogen-bond acceptors (Lipinski definition) is 4. The molecular formula is C14H24N2O5. The quantitative estimate of drug-likeness (QED) is 0.641. The molecule has 0 heterocycles. The normalized spacial score (nSPS) is 21.4. The Hall–Kier alpha value is -1.79. The second kappa shape index (κ2) is 7.28. The van der Waals surface area contributed by atoms with Crippen LogP contribution in [0.4, 0.5) is 4.79 Å². The van der Waals surface area contributed by atoms with Crippen LogP contribution in [0.2, 0.25) is 0 Å². The van der Waals surface area contributed by atoms with E-state index in [9.17, 15) is 14.4 Å². The van der Waals surface area contributed by atoms with Crippen LogP contribution in [0, 0.1) is 5.41 Å². The summed E-state index contributed by atoms with van der Waals surface area (Å²) in [5.41, 5.74) is 0.203.